The zero-order chi connectivity index (χ0) is 27.8. The highest BCUT2D eigenvalue weighted by Crippen LogP contribution is 2.68. The van der Waals surface area contributed by atoms with Crippen molar-refractivity contribution in [3.8, 4) is 5.75 Å². The van der Waals surface area contributed by atoms with E-state index in [1.54, 1.807) is 11.8 Å². The van der Waals surface area contributed by atoms with Crippen molar-refractivity contribution in [1.82, 2.24) is 4.98 Å². The van der Waals surface area contributed by atoms with Crippen LogP contribution in [0.1, 0.15) is 28.3 Å². The summed E-state index contributed by atoms with van der Waals surface area (Å²) in [6.07, 6.45) is 0.869. The molecule has 1 N–H and O–H groups in total. The Morgan fingerprint density at radius 1 is 0.902 bits per heavy atom. The molecule has 4 aromatic rings. The molecule has 0 radical (unpaired) electrons. The number of thioether (sulfide) groups is 1. The molecule has 0 spiro atoms. The molecule has 6 nitrogen and oxygen atoms in total. The molecule has 0 unspecified atom stereocenters. The monoisotopic (exact) mass is 600 g/mol. The smallest absolute Gasteiger partial charge is 0.305 e. The van der Waals surface area contributed by atoms with Crippen LogP contribution in [0.5, 0.6) is 5.75 Å². The maximum absolute atomic E-state index is 13.8. The number of para-hydroxylation sites is 1. The van der Waals surface area contributed by atoms with Crippen molar-refractivity contribution in [3.05, 3.63) is 110 Å². The second-order valence-corrected chi connectivity index (χ2v) is 13.9. The van der Waals surface area contributed by atoms with Gasteiger partial charge in [0.15, 0.2) is 0 Å². The molecule has 2 aliphatic heterocycles. The molecular formula is C32H25ClN2O4S2. The van der Waals surface area contributed by atoms with Crippen LogP contribution < -0.4 is 14.5 Å². The number of aromatic amines is 1. The summed E-state index contributed by atoms with van der Waals surface area (Å²) in [6.45, 7) is 0.412. The van der Waals surface area contributed by atoms with Crippen LogP contribution in [0.4, 0.5) is 5.69 Å². The molecule has 1 aromatic heterocycles. The number of nitrogens with zero attached hydrogens (tertiary/aromatic N) is 1. The van der Waals surface area contributed by atoms with Crippen LogP contribution in [0.25, 0.3) is 0 Å². The maximum Gasteiger partial charge on any atom is 0.305 e. The predicted molar refractivity (Wildman–Crippen MR) is 160 cm³/mol. The fourth-order valence-electron chi connectivity index (χ4n) is 7.79. The summed E-state index contributed by atoms with van der Waals surface area (Å²) in [5, 5.41) is 1.75. The van der Waals surface area contributed by atoms with Crippen molar-refractivity contribution in [2.45, 2.75) is 29.2 Å². The number of carbonyl (C=O) groups excluding carboxylic acids is 2. The summed E-state index contributed by atoms with van der Waals surface area (Å²) in [7, 11) is 0. The first kappa shape index (κ1) is 25.4. The molecule has 3 aromatic carbocycles. The van der Waals surface area contributed by atoms with Crippen LogP contribution in [-0.4, -0.2) is 22.0 Å². The lowest BCUT2D eigenvalue weighted by atomic mass is 9.68. The third kappa shape index (κ3) is 3.95. The molecule has 4 aliphatic rings. The predicted octanol–water partition coefficient (Wildman–Crippen LogP) is 6.35. The first-order chi connectivity index (χ1) is 20.0. The van der Waals surface area contributed by atoms with Gasteiger partial charge in [-0.2, -0.15) is 0 Å². The zero-order valence-corrected chi connectivity index (χ0v) is 24.1. The number of nitrogens with one attached hydrogen (secondary N) is 1. The van der Waals surface area contributed by atoms with Gasteiger partial charge in [-0.25, -0.2) is 0 Å². The van der Waals surface area contributed by atoms with Crippen molar-refractivity contribution in [2.24, 2.45) is 29.6 Å². The average molecular weight is 601 g/mol. The Bertz CT molecular complexity index is 1740. The van der Waals surface area contributed by atoms with E-state index < -0.39 is 0 Å². The second kappa shape index (κ2) is 9.61. The van der Waals surface area contributed by atoms with E-state index >= 15 is 0 Å². The van der Waals surface area contributed by atoms with Crippen LogP contribution in [0, 0.1) is 29.6 Å². The summed E-state index contributed by atoms with van der Waals surface area (Å²) in [5.74, 6) is 0.333. The molecule has 206 valence electrons. The Labute approximate surface area is 249 Å². The van der Waals surface area contributed by atoms with Crippen LogP contribution in [0.2, 0.25) is 5.02 Å². The highest BCUT2D eigenvalue weighted by molar-refractivity contribution is 8.00. The normalized spacial score (nSPS) is 29.4. The Morgan fingerprint density at radius 3 is 2.41 bits per heavy atom. The minimum Gasteiger partial charge on any atom is -0.489 e. The van der Waals surface area contributed by atoms with Gasteiger partial charge in [0.25, 0.3) is 0 Å². The van der Waals surface area contributed by atoms with Gasteiger partial charge in [0.1, 0.15) is 12.4 Å². The number of benzene rings is 3. The van der Waals surface area contributed by atoms with E-state index in [2.05, 4.69) is 17.1 Å². The van der Waals surface area contributed by atoms with Gasteiger partial charge in [-0.3, -0.25) is 19.3 Å². The number of carbonyl (C=O) groups is 2. The number of aromatic nitrogens is 1. The second-order valence-electron chi connectivity index (χ2n) is 11.3. The first-order valence-electron chi connectivity index (χ1n) is 13.8. The lowest BCUT2D eigenvalue weighted by Crippen LogP contribution is -2.42. The lowest BCUT2D eigenvalue weighted by molar-refractivity contribution is -0.123. The number of thiazole rings is 1. The highest BCUT2D eigenvalue weighted by Gasteiger charge is 2.69. The number of hydrogen-bond acceptors (Lipinski definition) is 6. The molecule has 2 aliphatic carbocycles. The molecule has 3 fully saturated rings. The molecule has 1 saturated heterocycles. The van der Waals surface area contributed by atoms with Gasteiger partial charge in [-0.15, -0.1) is 11.8 Å². The summed E-state index contributed by atoms with van der Waals surface area (Å²) in [6, 6.07) is 25.0. The standard InChI is InChI=1S/C32H25ClN2O4S2/c33-18-6-4-5-16(13-18)15-39-20-11-9-17(10-12-20)23-24-21-14-22(27(24)40-29-28(23)41-32(38)34-29)26-25(21)30(36)35(31(26)37)19-7-2-1-3-8-19/h1-13,21-27H,14-15H2,(H,34,38)/t21-,22-,23+,24+,25+,26+,27-/m1/s1. The van der Waals surface area contributed by atoms with Crippen LogP contribution in [0.15, 0.2) is 88.7 Å². The average Bonchev–Trinajstić information content (AvgIpc) is 3.71. The van der Waals surface area contributed by atoms with Gasteiger partial charge in [0.2, 0.25) is 11.8 Å². The van der Waals surface area contributed by atoms with Gasteiger partial charge in [-0.1, -0.05) is 65.4 Å². The molecule has 7 atom stereocenters. The fourth-order valence-corrected chi connectivity index (χ4v) is 10.9. The molecule has 3 heterocycles. The largest absolute Gasteiger partial charge is 0.489 e. The van der Waals surface area contributed by atoms with Crippen LogP contribution in [0.3, 0.4) is 0 Å². The van der Waals surface area contributed by atoms with E-state index in [1.165, 1.54) is 16.2 Å². The van der Waals surface area contributed by atoms with Crippen molar-refractivity contribution in [3.63, 3.8) is 0 Å². The summed E-state index contributed by atoms with van der Waals surface area (Å²) < 4.78 is 6.03. The maximum atomic E-state index is 13.8. The molecule has 2 amide bonds. The van der Waals surface area contributed by atoms with Gasteiger partial charge in [-0.05, 0) is 71.7 Å². The van der Waals surface area contributed by atoms with Crippen LogP contribution >= 0.6 is 34.7 Å². The molecule has 2 saturated carbocycles. The zero-order valence-electron chi connectivity index (χ0n) is 21.7. The van der Waals surface area contributed by atoms with Gasteiger partial charge < -0.3 is 9.72 Å². The summed E-state index contributed by atoms with van der Waals surface area (Å²) in [4.78, 5) is 45.5. The van der Waals surface area contributed by atoms with E-state index in [4.69, 9.17) is 16.3 Å². The number of rotatable bonds is 5. The molecule has 41 heavy (non-hydrogen) atoms. The van der Waals surface area contributed by atoms with Gasteiger partial charge in [0.05, 0.1) is 22.5 Å². The number of anilines is 1. The van der Waals surface area contributed by atoms with E-state index in [0.29, 0.717) is 17.3 Å². The Balaban J connectivity index is 1.12. The number of halogens is 1. The van der Waals surface area contributed by atoms with Gasteiger partial charge >= 0.3 is 4.87 Å². The minimum absolute atomic E-state index is 0.0215. The van der Waals surface area contributed by atoms with Crippen molar-refractivity contribution >= 4 is 52.2 Å². The number of H-pyrrole nitrogens is 1. The number of amides is 2. The van der Waals surface area contributed by atoms with E-state index in [1.807, 2.05) is 66.7 Å². The Kier molecular flexibility index (Phi) is 5.95. The van der Waals surface area contributed by atoms with Crippen molar-refractivity contribution in [1.29, 1.82) is 0 Å². The lowest BCUT2D eigenvalue weighted by Gasteiger charge is -2.43. The third-order valence-corrected chi connectivity index (χ3v) is 12.1. The van der Waals surface area contributed by atoms with Crippen molar-refractivity contribution < 1.29 is 14.3 Å². The number of hydrogen-bond donors (Lipinski definition) is 1. The highest BCUT2D eigenvalue weighted by atomic mass is 35.5. The van der Waals surface area contributed by atoms with E-state index in [-0.39, 0.29) is 57.4 Å². The molecule has 9 heteroatoms. The fraction of sp³-hybridized carbons (Fsp3) is 0.281. The SMILES string of the molecule is O=C1[C@H]2[C@H]3C[C@@H]([C@@H]2C(=O)N1c1ccccc1)[C@H]1[C@H](c2ccc(OCc4cccc(Cl)c4)cc2)c2sc(=O)[nH]c2S[C@H]31. The minimum atomic E-state index is -0.311. The van der Waals surface area contributed by atoms with Crippen LogP contribution in [-0.2, 0) is 16.2 Å². The Hall–Kier alpha value is -3.33. The Morgan fingerprint density at radius 2 is 1.66 bits per heavy atom. The van der Waals surface area contributed by atoms with E-state index in [0.717, 1.165) is 33.2 Å². The third-order valence-electron chi connectivity index (χ3n) is 9.27. The molecule has 2 bridgehead atoms. The van der Waals surface area contributed by atoms with E-state index in [9.17, 15) is 14.4 Å². The quantitative estimate of drug-likeness (QED) is 0.270. The number of fused-ring (bicyclic) bond motifs is 9. The summed E-state index contributed by atoms with van der Waals surface area (Å²) in [5.41, 5.74) is 2.75. The number of ether oxygens (including phenoxy) is 1. The van der Waals surface area contributed by atoms with Crippen molar-refractivity contribution in [2.75, 3.05) is 4.90 Å². The van der Waals surface area contributed by atoms with Gasteiger partial charge in [0, 0.05) is 21.1 Å². The molecular weight excluding hydrogens is 576 g/mol. The topological polar surface area (TPSA) is 79.5 Å². The summed E-state index contributed by atoms with van der Waals surface area (Å²) >= 11 is 9.09. The molecule has 8 rings (SSSR count). The first-order valence-corrected chi connectivity index (χ1v) is 15.8. The number of imide groups is 1.